The number of anilines is 1. The summed E-state index contributed by atoms with van der Waals surface area (Å²) in [5.74, 6) is 1.97. The first-order chi connectivity index (χ1) is 6.24. The van der Waals surface area contributed by atoms with E-state index in [2.05, 4.69) is 17.3 Å². The van der Waals surface area contributed by atoms with Crippen molar-refractivity contribution in [1.29, 1.82) is 0 Å². The molecule has 1 saturated carbocycles. The number of hydrogen-bond donors (Lipinski definition) is 1. The van der Waals surface area contributed by atoms with Crippen LogP contribution < -0.4 is 5.32 Å². The molecule has 1 heterocycles. The summed E-state index contributed by atoms with van der Waals surface area (Å²) in [5, 5.41) is 7.69. The lowest BCUT2D eigenvalue weighted by molar-refractivity contribution is 0.637. The summed E-state index contributed by atoms with van der Waals surface area (Å²) in [7, 11) is 1.94. The molecule has 1 aliphatic rings. The third-order valence-corrected chi connectivity index (χ3v) is 2.49. The zero-order valence-corrected chi connectivity index (χ0v) is 8.33. The van der Waals surface area contributed by atoms with Crippen molar-refractivity contribution in [2.45, 2.75) is 32.2 Å². The van der Waals surface area contributed by atoms with Crippen molar-refractivity contribution >= 4 is 5.82 Å². The van der Waals surface area contributed by atoms with Crippen LogP contribution in [0.25, 0.3) is 0 Å². The molecular formula is C10H17N3. The Morgan fingerprint density at radius 2 is 2.46 bits per heavy atom. The first-order valence-corrected chi connectivity index (χ1v) is 5.00. The molecular weight excluding hydrogens is 162 g/mol. The van der Waals surface area contributed by atoms with Crippen LogP contribution in [0, 0.1) is 5.92 Å². The molecule has 0 amide bonds. The fourth-order valence-corrected chi connectivity index (χ4v) is 1.66. The summed E-state index contributed by atoms with van der Waals surface area (Å²) in [5.41, 5.74) is 0. The minimum atomic E-state index is 0.558. The molecule has 1 unspecified atom stereocenters. The summed E-state index contributed by atoms with van der Waals surface area (Å²) in [6, 6.07) is 2.58. The van der Waals surface area contributed by atoms with Gasteiger partial charge in [0.2, 0.25) is 0 Å². The Labute approximate surface area is 79.1 Å². The first-order valence-electron chi connectivity index (χ1n) is 5.00. The van der Waals surface area contributed by atoms with Crippen LogP contribution in [0.15, 0.2) is 12.3 Å². The Morgan fingerprint density at radius 1 is 1.69 bits per heavy atom. The normalized spacial score (nSPS) is 18.6. The summed E-state index contributed by atoms with van der Waals surface area (Å²) in [6.45, 7) is 2.23. The predicted octanol–water partition coefficient (Wildman–Crippen LogP) is 2.02. The van der Waals surface area contributed by atoms with E-state index in [1.807, 2.05) is 24.0 Å². The quantitative estimate of drug-likeness (QED) is 0.766. The highest BCUT2D eigenvalue weighted by molar-refractivity contribution is 5.33. The molecule has 1 atom stereocenters. The van der Waals surface area contributed by atoms with Gasteiger partial charge in [-0.2, -0.15) is 5.10 Å². The van der Waals surface area contributed by atoms with Crippen LogP contribution in [0.5, 0.6) is 0 Å². The van der Waals surface area contributed by atoms with E-state index in [-0.39, 0.29) is 0 Å². The van der Waals surface area contributed by atoms with Crippen LogP contribution in [0.4, 0.5) is 5.82 Å². The van der Waals surface area contributed by atoms with Gasteiger partial charge in [0.1, 0.15) is 5.82 Å². The van der Waals surface area contributed by atoms with Crippen molar-refractivity contribution in [1.82, 2.24) is 9.78 Å². The van der Waals surface area contributed by atoms with Gasteiger partial charge in [-0.15, -0.1) is 0 Å². The molecule has 1 aliphatic carbocycles. The van der Waals surface area contributed by atoms with E-state index >= 15 is 0 Å². The van der Waals surface area contributed by atoms with E-state index in [0.717, 1.165) is 11.7 Å². The number of nitrogens with zero attached hydrogens (tertiary/aromatic N) is 2. The zero-order valence-electron chi connectivity index (χ0n) is 8.33. The lowest BCUT2D eigenvalue weighted by atomic mass is 10.1. The molecule has 1 N–H and O–H groups in total. The SMILES string of the molecule is CC(CC1CC1)Nc1ccn(C)n1. The van der Waals surface area contributed by atoms with E-state index in [1.165, 1.54) is 19.3 Å². The topological polar surface area (TPSA) is 29.9 Å². The average Bonchev–Trinajstić information content (AvgIpc) is 2.76. The Kier molecular flexibility index (Phi) is 2.25. The van der Waals surface area contributed by atoms with Crippen LogP contribution in [-0.4, -0.2) is 15.8 Å². The van der Waals surface area contributed by atoms with Gasteiger partial charge in [0.05, 0.1) is 0 Å². The fourth-order valence-electron chi connectivity index (χ4n) is 1.66. The van der Waals surface area contributed by atoms with E-state index in [0.29, 0.717) is 6.04 Å². The smallest absolute Gasteiger partial charge is 0.148 e. The zero-order chi connectivity index (χ0) is 9.26. The Bertz CT molecular complexity index is 275. The summed E-state index contributed by atoms with van der Waals surface area (Å²) < 4.78 is 1.83. The highest BCUT2D eigenvalue weighted by Gasteiger charge is 2.23. The van der Waals surface area contributed by atoms with Gasteiger partial charge in [-0.05, 0) is 19.3 Å². The van der Waals surface area contributed by atoms with Gasteiger partial charge in [0.15, 0.2) is 0 Å². The van der Waals surface area contributed by atoms with Crippen molar-refractivity contribution in [3.05, 3.63) is 12.3 Å². The Hall–Kier alpha value is -0.990. The number of rotatable bonds is 4. The average molecular weight is 179 g/mol. The van der Waals surface area contributed by atoms with E-state index in [9.17, 15) is 0 Å². The molecule has 72 valence electrons. The number of aromatic nitrogens is 2. The van der Waals surface area contributed by atoms with Crippen LogP contribution >= 0.6 is 0 Å². The van der Waals surface area contributed by atoms with Gasteiger partial charge >= 0.3 is 0 Å². The van der Waals surface area contributed by atoms with Crippen molar-refractivity contribution in [2.75, 3.05) is 5.32 Å². The Balaban J connectivity index is 1.82. The fraction of sp³-hybridized carbons (Fsp3) is 0.700. The maximum Gasteiger partial charge on any atom is 0.148 e. The highest BCUT2D eigenvalue weighted by Crippen LogP contribution is 2.33. The van der Waals surface area contributed by atoms with Crippen molar-refractivity contribution < 1.29 is 0 Å². The largest absolute Gasteiger partial charge is 0.366 e. The molecule has 3 nitrogen and oxygen atoms in total. The molecule has 2 rings (SSSR count). The minimum Gasteiger partial charge on any atom is -0.366 e. The second-order valence-corrected chi connectivity index (χ2v) is 4.10. The molecule has 0 aliphatic heterocycles. The van der Waals surface area contributed by atoms with E-state index in [4.69, 9.17) is 0 Å². The summed E-state index contributed by atoms with van der Waals surface area (Å²) in [6.07, 6.45) is 6.10. The molecule has 13 heavy (non-hydrogen) atoms. The van der Waals surface area contributed by atoms with Gasteiger partial charge in [-0.1, -0.05) is 12.8 Å². The highest BCUT2D eigenvalue weighted by atomic mass is 15.3. The molecule has 0 spiro atoms. The van der Waals surface area contributed by atoms with Crippen molar-refractivity contribution in [3.8, 4) is 0 Å². The molecule has 3 heteroatoms. The van der Waals surface area contributed by atoms with Gasteiger partial charge in [-0.3, -0.25) is 4.68 Å². The van der Waals surface area contributed by atoms with Gasteiger partial charge in [-0.25, -0.2) is 0 Å². The van der Waals surface area contributed by atoms with Crippen molar-refractivity contribution in [3.63, 3.8) is 0 Å². The Morgan fingerprint density at radius 3 is 3.00 bits per heavy atom. The van der Waals surface area contributed by atoms with Gasteiger partial charge < -0.3 is 5.32 Å². The lowest BCUT2D eigenvalue weighted by Crippen LogP contribution is -2.16. The number of hydrogen-bond acceptors (Lipinski definition) is 2. The number of aryl methyl sites for hydroxylation is 1. The van der Waals surface area contributed by atoms with Gasteiger partial charge in [0.25, 0.3) is 0 Å². The molecule has 0 bridgehead atoms. The lowest BCUT2D eigenvalue weighted by Gasteiger charge is -2.11. The molecule has 1 aromatic rings. The third kappa shape index (κ3) is 2.47. The molecule has 1 aromatic heterocycles. The van der Waals surface area contributed by atoms with Crippen LogP contribution in [-0.2, 0) is 7.05 Å². The second-order valence-electron chi connectivity index (χ2n) is 4.10. The van der Waals surface area contributed by atoms with Crippen LogP contribution in [0.2, 0.25) is 0 Å². The third-order valence-electron chi connectivity index (χ3n) is 2.49. The first kappa shape index (κ1) is 8.60. The number of nitrogens with one attached hydrogen (secondary N) is 1. The standard InChI is InChI=1S/C10H17N3/c1-8(7-9-3-4-9)11-10-5-6-13(2)12-10/h5-6,8-9H,3-4,7H2,1-2H3,(H,11,12). The van der Waals surface area contributed by atoms with Gasteiger partial charge in [0, 0.05) is 25.4 Å². The maximum atomic E-state index is 4.28. The van der Waals surface area contributed by atoms with E-state index in [1.54, 1.807) is 0 Å². The summed E-state index contributed by atoms with van der Waals surface area (Å²) >= 11 is 0. The predicted molar refractivity (Wildman–Crippen MR) is 53.6 cm³/mol. The monoisotopic (exact) mass is 179 g/mol. The van der Waals surface area contributed by atoms with Crippen LogP contribution in [0.1, 0.15) is 26.2 Å². The van der Waals surface area contributed by atoms with E-state index < -0.39 is 0 Å². The molecule has 0 radical (unpaired) electrons. The minimum absolute atomic E-state index is 0.558. The second kappa shape index (κ2) is 3.40. The van der Waals surface area contributed by atoms with Crippen molar-refractivity contribution in [2.24, 2.45) is 13.0 Å². The molecule has 0 saturated heterocycles. The maximum absolute atomic E-state index is 4.28. The molecule has 0 aromatic carbocycles. The molecule has 1 fully saturated rings. The summed E-state index contributed by atoms with van der Waals surface area (Å²) in [4.78, 5) is 0. The van der Waals surface area contributed by atoms with Crippen LogP contribution in [0.3, 0.4) is 0 Å².